The first-order valence-electron chi connectivity index (χ1n) is 13.9. The monoisotopic (exact) mass is 550 g/mol. The van der Waals surface area contributed by atoms with Gasteiger partial charge in [0.05, 0.1) is 17.2 Å². The van der Waals surface area contributed by atoms with Gasteiger partial charge in [0.15, 0.2) is 0 Å². The molecule has 40 heavy (non-hydrogen) atoms. The van der Waals surface area contributed by atoms with Crippen molar-refractivity contribution in [1.29, 1.82) is 0 Å². The molecular weight excluding hydrogens is 520 g/mol. The normalized spacial score (nSPS) is 19.2. The van der Waals surface area contributed by atoms with Crippen LogP contribution in [-0.2, 0) is 4.79 Å². The van der Waals surface area contributed by atoms with E-state index in [9.17, 15) is 9.59 Å². The Morgan fingerprint density at radius 3 is 2.58 bits per heavy atom. The van der Waals surface area contributed by atoms with E-state index in [0.29, 0.717) is 24.7 Å². The number of amides is 2. The quantitative estimate of drug-likeness (QED) is 0.274. The molecule has 0 unspecified atom stereocenters. The highest BCUT2D eigenvalue weighted by Crippen LogP contribution is 2.45. The number of anilines is 2. The van der Waals surface area contributed by atoms with Gasteiger partial charge in [-0.1, -0.05) is 48.0 Å². The molecule has 3 heterocycles. The summed E-state index contributed by atoms with van der Waals surface area (Å²) in [5.41, 5.74) is 5.78. The predicted molar refractivity (Wildman–Crippen MR) is 155 cm³/mol. The second-order valence-electron chi connectivity index (χ2n) is 11.0. The molecule has 0 radical (unpaired) electrons. The van der Waals surface area contributed by atoms with Crippen molar-refractivity contribution in [1.82, 2.24) is 10.1 Å². The van der Waals surface area contributed by atoms with Gasteiger partial charge >= 0.3 is 0 Å². The number of hydrogen-bond donors (Lipinski definition) is 0. The minimum Gasteiger partial charge on any atom is -0.339 e. The first-order chi connectivity index (χ1) is 19.5. The van der Waals surface area contributed by atoms with Crippen LogP contribution in [0.25, 0.3) is 11.4 Å². The Balaban J connectivity index is 1.19. The molecule has 1 aromatic heterocycles. The lowest BCUT2D eigenvalue weighted by molar-refractivity contribution is -0.117. The first kappa shape index (κ1) is 25.1. The molecular formula is C32H30N4O3S. The molecule has 8 heteroatoms. The van der Waals surface area contributed by atoms with Crippen LogP contribution < -0.4 is 9.80 Å². The summed E-state index contributed by atoms with van der Waals surface area (Å²) in [6, 6.07) is 20.2. The molecule has 7 rings (SSSR count). The molecule has 0 spiro atoms. The minimum atomic E-state index is -0.159. The summed E-state index contributed by atoms with van der Waals surface area (Å²) in [6.07, 6.45) is 4.67. The summed E-state index contributed by atoms with van der Waals surface area (Å²) in [5, 5.41) is 4.30. The van der Waals surface area contributed by atoms with Crippen LogP contribution in [0.4, 0.5) is 11.4 Å². The number of hydrogen-bond acceptors (Lipinski definition) is 6. The van der Waals surface area contributed by atoms with Crippen LogP contribution in [-0.4, -0.2) is 34.5 Å². The van der Waals surface area contributed by atoms with Crippen LogP contribution >= 0.6 is 11.8 Å². The number of carbonyl (C=O) groups excluding carboxylic acids is 2. The van der Waals surface area contributed by atoms with Crippen molar-refractivity contribution in [3.8, 4) is 11.4 Å². The van der Waals surface area contributed by atoms with E-state index in [4.69, 9.17) is 9.51 Å². The number of rotatable bonds is 4. The van der Waals surface area contributed by atoms with Crippen LogP contribution in [0.2, 0.25) is 0 Å². The molecule has 2 amide bonds. The van der Waals surface area contributed by atoms with Crippen molar-refractivity contribution >= 4 is 35.0 Å². The van der Waals surface area contributed by atoms with E-state index in [0.717, 1.165) is 63.5 Å². The predicted octanol–water partition coefficient (Wildman–Crippen LogP) is 6.93. The third-order valence-corrected chi connectivity index (χ3v) is 9.56. The molecule has 202 valence electrons. The fraction of sp³-hybridized carbons (Fsp3) is 0.312. The van der Waals surface area contributed by atoms with Crippen LogP contribution in [0.5, 0.6) is 0 Å². The van der Waals surface area contributed by atoms with Crippen molar-refractivity contribution in [2.75, 3.05) is 16.3 Å². The standard InChI is InChI=1S/C32H30N4O3S/c1-19-11-13-24(15-20(19)2)35-18-22(17-29(35)37)31-33-30(34-39-31)21-12-14-26-28(16-21)40-27-10-6-5-9-25(27)32(38)36(26)23-7-3-4-8-23/h5-6,9-16,22-23H,3-4,7-8,17-18H2,1-2H3/t22-/m1/s1. The maximum absolute atomic E-state index is 13.7. The highest BCUT2D eigenvalue weighted by Gasteiger charge is 2.36. The highest BCUT2D eigenvalue weighted by molar-refractivity contribution is 7.99. The number of aromatic nitrogens is 2. The number of aryl methyl sites for hydroxylation is 2. The zero-order valence-electron chi connectivity index (χ0n) is 22.6. The van der Waals surface area contributed by atoms with Gasteiger partial charge in [-0.25, -0.2) is 0 Å². The van der Waals surface area contributed by atoms with E-state index in [1.165, 1.54) is 5.56 Å². The zero-order chi connectivity index (χ0) is 27.4. The molecule has 1 saturated carbocycles. The number of nitrogens with zero attached hydrogens (tertiary/aromatic N) is 4. The molecule has 7 nitrogen and oxygen atoms in total. The summed E-state index contributed by atoms with van der Waals surface area (Å²) in [6.45, 7) is 4.64. The summed E-state index contributed by atoms with van der Waals surface area (Å²) >= 11 is 1.61. The van der Waals surface area contributed by atoms with E-state index in [2.05, 4.69) is 31.1 Å². The van der Waals surface area contributed by atoms with Crippen molar-refractivity contribution in [2.45, 2.75) is 67.7 Å². The smallest absolute Gasteiger partial charge is 0.259 e. The van der Waals surface area contributed by atoms with Crippen molar-refractivity contribution < 1.29 is 14.1 Å². The molecule has 0 N–H and O–H groups in total. The molecule has 3 aromatic carbocycles. The molecule has 4 aromatic rings. The van der Waals surface area contributed by atoms with Gasteiger partial charge < -0.3 is 14.3 Å². The van der Waals surface area contributed by atoms with E-state index < -0.39 is 0 Å². The van der Waals surface area contributed by atoms with Crippen LogP contribution in [0.1, 0.15) is 65.4 Å². The average Bonchev–Trinajstić information content (AvgIpc) is 3.72. The van der Waals surface area contributed by atoms with Gasteiger partial charge in [0.2, 0.25) is 17.6 Å². The van der Waals surface area contributed by atoms with Gasteiger partial charge in [-0.15, -0.1) is 0 Å². The highest BCUT2D eigenvalue weighted by atomic mass is 32.2. The van der Waals surface area contributed by atoms with Gasteiger partial charge in [-0.3, -0.25) is 9.59 Å². The molecule has 1 atom stereocenters. The van der Waals surface area contributed by atoms with Crippen LogP contribution in [0.15, 0.2) is 75.0 Å². The summed E-state index contributed by atoms with van der Waals surface area (Å²) in [7, 11) is 0. The Morgan fingerprint density at radius 2 is 1.75 bits per heavy atom. The fourth-order valence-corrected chi connectivity index (χ4v) is 7.19. The molecule has 2 aliphatic heterocycles. The van der Waals surface area contributed by atoms with Crippen molar-refractivity contribution in [3.63, 3.8) is 0 Å². The van der Waals surface area contributed by atoms with Crippen LogP contribution in [0, 0.1) is 13.8 Å². The van der Waals surface area contributed by atoms with Crippen LogP contribution in [0.3, 0.4) is 0 Å². The number of carbonyl (C=O) groups is 2. The van der Waals surface area contributed by atoms with E-state index in [-0.39, 0.29) is 23.8 Å². The molecule has 1 aliphatic carbocycles. The molecule has 3 aliphatic rings. The fourth-order valence-electron chi connectivity index (χ4n) is 6.08. The maximum atomic E-state index is 13.7. The Kier molecular flexibility index (Phi) is 6.23. The van der Waals surface area contributed by atoms with E-state index in [1.807, 2.05) is 58.3 Å². The SMILES string of the molecule is Cc1ccc(N2C[C@H](c3nc(-c4ccc5c(c4)Sc4ccccc4C(=O)N5C4CCCC4)no3)CC2=O)cc1C. The third-order valence-electron chi connectivity index (χ3n) is 8.44. The third kappa shape index (κ3) is 4.31. The second-order valence-corrected chi connectivity index (χ2v) is 12.1. The van der Waals surface area contributed by atoms with Gasteiger partial charge in [0.25, 0.3) is 5.91 Å². The molecule has 1 saturated heterocycles. The van der Waals surface area contributed by atoms with Crippen molar-refractivity contribution in [2.24, 2.45) is 0 Å². The van der Waals surface area contributed by atoms with E-state index >= 15 is 0 Å². The molecule has 0 bridgehead atoms. The van der Waals surface area contributed by atoms with Gasteiger partial charge in [-0.05, 0) is 80.3 Å². The van der Waals surface area contributed by atoms with Crippen molar-refractivity contribution in [3.05, 3.63) is 83.2 Å². The van der Waals surface area contributed by atoms with Gasteiger partial charge in [0, 0.05) is 40.0 Å². The first-order valence-corrected chi connectivity index (χ1v) is 14.7. The zero-order valence-corrected chi connectivity index (χ0v) is 23.4. The maximum Gasteiger partial charge on any atom is 0.259 e. The second kappa shape index (κ2) is 9.93. The summed E-state index contributed by atoms with van der Waals surface area (Å²) in [4.78, 5) is 37.1. The Labute approximate surface area is 237 Å². The lowest BCUT2D eigenvalue weighted by Crippen LogP contribution is -2.39. The topological polar surface area (TPSA) is 79.5 Å². The summed E-state index contributed by atoms with van der Waals surface area (Å²) < 4.78 is 5.71. The number of fused-ring (bicyclic) bond motifs is 2. The lowest BCUT2D eigenvalue weighted by atomic mass is 10.1. The molecule has 2 fully saturated rings. The Morgan fingerprint density at radius 1 is 0.925 bits per heavy atom. The summed E-state index contributed by atoms with van der Waals surface area (Å²) in [5.74, 6) is 0.942. The Hall–Kier alpha value is -3.91. The van der Waals surface area contributed by atoms with Gasteiger partial charge in [0.1, 0.15) is 0 Å². The van der Waals surface area contributed by atoms with Gasteiger partial charge in [-0.2, -0.15) is 4.98 Å². The Bertz CT molecular complexity index is 1640. The number of benzene rings is 3. The lowest BCUT2D eigenvalue weighted by Gasteiger charge is -2.29. The minimum absolute atomic E-state index is 0.0600. The largest absolute Gasteiger partial charge is 0.339 e. The average molecular weight is 551 g/mol. The van der Waals surface area contributed by atoms with E-state index in [1.54, 1.807) is 11.8 Å².